The van der Waals surface area contributed by atoms with Gasteiger partial charge in [-0.1, -0.05) is 20.3 Å². The van der Waals surface area contributed by atoms with Crippen molar-refractivity contribution in [3.05, 3.63) is 11.9 Å². The molecule has 0 aliphatic carbocycles. The van der Waals surface area contributed by atoms with Crippen LogP contribution in [0.4, 0.5) is 0 Å². The van der Waals surface area contributed by atoms with Crippen molar-refractivity contribution in [2.24, 2.45) is 0 Å². The van der Waals surface area contributed by atoms with Crippen LogP contribution in [-0.4, -0.2) is 29.5 Å². The minimum atomic E-state index is 0.377. The van der Waals surface area contributed by atoms with E-state index in [9.17, 15) is 0 Å². The molecule has 1 aromatic rings. The molecule has 110 valence electrons. The molecule has 1 rings (SSSR count). The molecule has 0 fully saturated rings. The highest BCUT2D eigenvalue weighted by molar-refractivity contribution is 5.25. The molecule has 0 saturated heterocycles. The second-order valence-electron chi connectivity index (χ2n) is 5.28. The third-order valence-electron chi connectivity index (χ3n) is 3.43. The van der Waals surface area contributed by atoms with Gasteiger partial charge in [0.15, 0.2) is 5.75 Å². The van der Waals surface area contributed by atoms with Crippen molar-refractivity contribution in [1.82, 2.24) is 15.1 Å². The lowest BCUT2D eigenvalue weighted by molar-refractivity contribution is 0.395. The van der Waals surface area contributed by atoms with E-state index >= 15 is 0 Å². The first kappa shape index (κ1) is 16.0. The van der Waals surface area contributed by atoms with Gasteiger partial charge in [-0.15, -0.1) is 0 Å². The molecule has 0 saturated carbocycles. The fourth-order valence-electron chi connectivity index (χ4n) is 2.52. The van der Waals surface area contributed by atoms with Crippen molar-refractivity contribution < 1.29 is 4.74 Å². The van der Waals surface area contributed by atoms with E-state index in [2.05, 4.69) is 42.8 Å². The normalized spacial score (nSPS) is 12.9. The number of ether oxygens (including phenoxy) is 1. The number of rotatable bonds is 9. The Morgan fingerprint density at radius 2 is 2.05 bits per heavy atom. The lowest BCUT2D eigenvalue weighted by Gasteiger charge is -2.18. The van der Waals surface area contributed by atoms with E-state index in [4.69, 9.17) is 4.74 Å². The fourth-order valence-corrected chi connectivity index (χ4v) is 2.52. The van der Waals surface area contributed by atoms with Crippen LogP contribution in [0.15, 0.2) is 6.20 Å². The van der Waals surface area contributed by atoms with Crippen LogP contribution in [0.3, 0.4) is 0 Å². The number of methoxy groups -OCH3 is 1. The lowest BCUT2D eigenvalue weighted by atomic mass is 10.0. The van der Waals surface area contributed by atoms with E-state index in [1.807, 2.05) is 6.20 Å². The van der Waals surface area contributed by atoms with Crippen molar-refractivity contribution >= 4 is 0 Å². The molecule has 1 unspecified atom stereocenters. The predicted octanol–water partition coefficient (Wildman–Crippen LogP) is 3.18. The van der Waals surface area contributed by atoms with Gasteiger partial charge < -0.3 is 10.1 Å². The number of nitrogens with zero attached hydrogens (tertiary/aromatic N) is 2. The van der Waals surface area contributed by atoms with Crippen LogP contribution in [0.2, 0.25) is 0 Å². The van der Waals surface area contributed by atoms with Crippen molar-refractivity contribution in [3.8, 4) is 5.75 Å². The zero-order valence-electron chi connectivity index (χ0n) is 13.1. The molecule has 0 aromatic carbocycles. The van der Waals surface area contributed by atoms with Gasteiger partial charge in [0.1, 0.15) is 0 Å². The van der Waals surface area contributed by atoms with Crippen molar-refractivity contribution in [1.29, 1.82) is 0 Å². The average Bonchev–Trinajstić information content (AvgIpc) is 2.79. The van der Waals surface area contributed by atoms with Gasteiger partial charge in [-0.05, 0) is 39.7 Å². The standard InChI is InChI=1S/C15H29N3O/c1-6-8-13(16-7-2)9-10-14-15(19-5)11-17-18(14)12(3)4/h11-13,16H,6-10H2,1-5H3. The highest BCUT2D eigenvalue weighted by atomic mass is 16.5. The maximum Gasteiger partial charge on any atom is 0.159 e. The third-order valence-corrected chi connectivity index (χ3v) is 3.43. The molecule has 1 heterocycles. The molecule has 0 aliphatic heterocycles. The molecule has 4 heteroatoms. The number of aromatic nitrogens is 2. The molecule has 19 heavy (non-hydrogen) atoms. The van der Waals surface area contributed by atoms with Gasteiger partial charge in [-0.3, -0.25) is 4.68 Å². The summed E-state index contributed by atoms with van der Waals surface area (Å²) in [6.07, 6.45) is 6.43. The van der Waals surface area contributed by atoms with E-state index < -0.39 is 0 Å². The third kappa shape index (κ3) is 4.53. The van der Waals surface area contributed by atoms with Crippen molar-refractivity contribution in [2.45, 2.75) is 65.5 Å². The number of hydrogen-bond donors (Lipinski definition) is 1. The van der Waals surface area contributed by atoms with Gasteiger partial charge in [0.25, 0.3) is 0 Å². The quantitative estimate of drug-likeness (QED) is 0.747. The summed E-state index contributed by atoms with van der Waals surface area (Å²) in [5.74, 6) is 0.917. The van der Waals surface area contributed by atoms with Crippen LogP contribution >= 0.6 is 0 Å². The zero-order chi connectivity index (χ0) is 14.3. The molecule has 1 aromatic heterocycles. The van der Waals surface area contributed by atoms with Gasteiger partial charge >= 0.3 is 0 Å². The minimum absolute atomic E-state index is 0.377. The predicted molar refractivity (Wildman–Crippen MR) is 79.9 cm³/mol. The summed E-state index contributed by atoms with van der Waals surface area (Å²) in [7, 11) is 1.72. The Hall–Kier alpha value is -1.03. The summed E-state index contributed by atoms with van der Waals surface area (Å²) in [5, 5.41) is 7.99. The second kappa shape index (κ2) is 8.20. The monoisotopic (exact) mass is 267 g/mol. The highest BCUT2D eigenvalue weighted by Gasteiger charge is 2.15. The van der Waals surface area contributed by atoms with Gasteiger partial charge in [0.05, 0.1) is 19.0 Å². The summed E-state index contributed by atoms with van der Waals surface area (Å²) in [6.45, 7) is 9.75. The first-order chi connectivity index (χ1) is 9.13. The topological polar surface area (TPSA) is 39.1 Å². The Labute approximate surface area is 117 Å². The summed E-state index contributed by atoms with van der Waals surface area (Å²) in [5.41, 5.74) is 1.22. The van der Waals surface area contributed by atoms with E-state index in [1.54, 1.807) is 7.11 Å². The number of hydrogen-bond acceptors (Lipinski definition) is 3. The molecule has 0 aliphatic rings. The average molecular weight is 267 g/mol. The van der Waals surface area contributed by atoms with Crippen LogP contribution in [0.1, 0.15) is 58.7 Å². The van der Waals surface area contributed by atoms with E-state index in [0.717, 1.165) is 25.1 Å². The van der Waals surface area contributed by atoms with E-state index in [1.165, 1.54) is 18.5 Å². The maximum atomic E-state index is 5.42. The zero-order valence-corrected chi connectivity index (χ0v) is 13.1. The minimum Gasteiger partial charge on any atom is -0.493 e. The van der Waals surface area contributed by atoms with Crippen LogP contribution in [0, 0.1) is 0 Å². The Morgan fingerprint density at radius 3 is 2.58 bits per heavy atom. The Balaban J connectivity index is 2.71. The van der Waals surface area contributed by atoms with Crippen LogP contribution in [0.25, 0.3) is 0 Å². The largest absolute Gasteiger partial charge is 0.493 e. The van der Waals surface area contributed by atoms with Crippen LogP contribution < -0.4 is 10.1 Å². The lowest BCUT2D eigenvalue weighted by Crippen LogP contribution is -2.29. The number of nitrogens with one attached hydrogen (secondary N) is 1. The molecular formula is C15H29N3O. The molecular weight excluding hydrogens is 238 g/mol. The summed E-state index contributed by atoms with van der Waals surface area (Å²) in [4.78, 5) is 0. The van der Waals surface area contributed by atoms with Gasteiger partial charge in [-0.25, -0.2) is 0 Å². The maximum absolute atomic E-state index is 5.42. The summed E-state index contributed by atoms with van der Waals surface area (Å²) < 4.78 is 7.50. The van der Waals surface area contributed by atoms with Crippen LogP contribution in [0.5, 0.6) is 5.75 Å². The second-order valence-corrected chi connectivity index (χ2v) is 5.28. The van der Waals surface area contributed by atoms with Crippen molar-refractivity contribution in [3.63, 3.8) is 0 Å². The molecule has 0 amide bonds. The molecule has 1 atom stereocenters. The first-order valence-electron chi connectivity index (χ1n) is 7.47. The Morgan fingerprint density at radius 1 is 1.32 bits per heavy atom. The molecule has 1 N–H and O–H groups in total. The van der Waals surface area contributed by atoms with Gasteiger partial charge in [0.2, 0.25) is 0 Å². The Kier molecular flexibility index (Phi) is 6.92. The SMILES string of the molecule is CCCC(CCc1c(OC)cnn1C(C)C)NCC. The highest BCUT2D eigenvalue weighted by Crippen LogP contribution is 2.23. The van der Waals surface area contributed by atoms with Gasteiger partial charge in [0, 0.05) is 12.1 Å². The smallest absolute Gasteiger partial charge is 0.159 e. The molecule has 4 nitrogen and oxygen atoms in total. The first-order valence-corrected chi connectivity index (χ1v) is 7.47. The molecule has 0 bridgehead atoms. The van der Waals surface area contributed by atoms with Crippen molar-refractivity contribution in [2.75, 3.05) is 13.7 Å². The Bertz CT molecular complexity index is 354. The summed E-state index contributed by atoms with van der Waals surface area (Å²) >= 11 is 0. The van der Waals surface area contributed by atoms with Gasteiger partial charge in [-0.2, -0.15) is 5.10 Å². The van der Waals surface area contributed by atoms with E-state index in [-0.39, 0.29) is 0 Å². The van der Waals surface area contributed by atoms with Crippen LogP contribution in [-0.2, 0) is 6.42 Å². The van der Waals surface area contributed by atoms with E-state index in [0.29, 0.717) is 12.1 Å². The summed E-state index contributed by atoms with van der Waals surface area (Å²) in [6, 6.07) is 0.970. The molecule has 0 radical (unpaired) electrons. The fraction of sp³-hybridized carbons (Fsp3) is 0.800. The molecule has 0 spiro atoms.